The molecule has 4 aromatic rings. The first-order valence-electron chi connectivity index (χ1n) is 9.75. The Labute approximate surface area is 186 Å². The van der Waals surface area contributed by atoms with Gasteiger partial charge < -0.3 is 25.2 Å². The third kappa shape index (κ3) is 4.66. The van der Waals surface area contributed by atoms with Crippen molar-refractivity contribution in [2.45, 2.75) is 6.54 Å². The van der Waals surface area contributed by atoms with E-state index in [9.17, 15) is 23.1 Å². The zero-order valence-electron chi connectivity index (χ0n) is 17.6. The highest BCUT2D eigenvalue weighted by atomic mass is 19.1. The van der Waals surface area contributed by atoms with Gasteiger partial charge in [-0.05, 0) is 24.3 Å². The minimum Gasteiger partial charge on any atom is -0.508 e. The van der Waals surface area contributed by atoms with Crippen LogP contribution in [0, 0.1) is 17.5 Å². The van der Waals surface area contributed by atoms with Crippen molar-refractivity contribution in [1.29, 1.82) is 0 Å². The number of aromatic nitrogens is 3. The highest BCUT2D eigenvalue weighted by Crippen LogP contribution is 2.28. The molecular weight excluding hydrogens is 437 g/mol. The Morgan fingerprint density at radius 2 is 1.73 bits per heavy atom. The minimum atomic E-state index is -1.14. The van der Waals surface area contributed by atoms with E-state index in [0.29, 0.717) is 34.7 Å². The maximum absolute atomic E-state index is 14.2. The number of pyridine rings is 1. The van der Waals surface area contributed by atoms with Crippen LogP contribution in [-0.2, 0) is 11.3 Å². The topological polar surface area (TPSA) is 95.3 Å². The van der Waals surface area contributed by atoms with Gasteiger partial charge in [-0.3, -0.25) is 4.79 Å². The number of rotatable bonds is 6. The van der Waals surface area contributed by atoms with Crippen molar-refractivity contribution < 1.29 is 23.1 Å². The van der Waals surface area contributed by atoms with Crippen LogP contribution in [0.15, 0.2) is 48.7 Å². The monoisotopic (exact) mass is 456 g/mol. The van der Waals surface area contributed by atoms with Gasteiger partial charge in [-0.25, -0.2) is 23.1 Å². The number of fused-ring (bicyclic) bond motifs is 1. The molecule has 0 aliphatic carbocycles. The molecule has 0 saturated heterocycles. The largest absolute Gasteiger partial charge is 0.508 e. The predicted octanol–water partition coefficient (Wildman–Crippen LogP) is 4.13. The molecule has 2 aromatic carbocycles. The van der Waals surface area contributed by atoms with Crippen molar-refractivity contribution in [1.82, 2.24) is 19.4 Å². The van der Waals surface area contributed by atoms with Gasteiger partial charge in [0, 0.05) is 38.0 Å². The number of carbonyl (C=O) groups excluding carboxylic acids is 1. The molecule has 4 rings (SSSR count). The maximum Gasteiger partial charge on any atom is 0.242 e. The van der Waals surface area contributed by atoms with Crippen molar-refractivity contribution in [2.75, 3.05) is 24.7 Å². The number of anilines is 4. The fraction of sp³-hybridized carbons (Fsp3) is 0.136. The van der Waals surface area contributed by atoms with E-state index in [0.717, 1.165) is 0 Å². The smallest absolute Gasteiger partial charge is 0.242 e. The van der Waals surface area contributed by atoms with Crippen LogP contribution in [0.25, 0.3) is 11.0 Å². The Morgan fingerprint density at radius 3 is 2.36 bits per heavy atom. The van der Waals surface area contributed by atoms with Crippen molar-refractivity contribution >= 4 is 40.1 Å². The molecule has 2 aromatic heterocycles. The molecule has 2 heterocycles. The van der Waals surface area contributed by atoms with Crippen LogP contribution in [0.1, 0.15) is 0 Å². The average Bonchev–Trinajstić information content (AvgIpc) is 3.08. The molecule has 33 heavy (non-hydrogen) atoms. The Kier molecular flexibility index (Phi) is 5.78. The first-order chi connectivity index (χ1) is 15.7. The molecule has 3 N–H and O–H groups in total. The van der Waals surface area contributed by atoms with E-state index in [4.69, 9.17) is 0 Å². The van der Waals surface area contributed by atoms with Gasteiger partial charge in [-0.1, -0.05) is 0 Å². The van der Waals surface area contributed by atoms with Crippen LogP contribution < -0.4 is 10.6 Å². The molecule has 0 fully saturated rings. The Bertz CT molecular complexity index is 1320. The summed E-state index contributed by atoms with van der Waals surface area (Å²) in [5.74, 6) is -3.12. The van der Waals surface area contributed by atoms with Crippen LogP contribution in [0.4, 0.5) is 36.3 Å². The number of phenolic OH excluding ortho intramolecular Hbond substituents is 1. The molecule has 1 amide bonds. The van der Waals surface area contributed by atoms with Crippen molar-refractivity contribution in [3.8, 4) is 5.75 Å². The van der Waals surface area contributed by atoms with Gasteiger partial charge in [0.05, 0.1) is 11.7 Å². The van der Waals surface area contributed by atoms with Crippen molar-refractivity contribution in [3.63, 3.8) is 0 Å². The van der Waals surface area contributed by atoms with Crippen molar-refractivity contribution in [2.24, 2.45) is 0 Å². The predicted molar refractivity (Wildman–Crippen MR) is 117 cm³/mol. The van der Waals surface area contributed by atoms with Crippen molar-refractivity contribution in [3.05, 3.63) is 66.1 Å². The van der Waals surface area contributed by atoms with E-state index in [-0.39, 0.29) is 24.1 Å². The summed E-state index contributed by atoms with van der Waals surface area (Å²) in [5.41, 5.74) is 0.889. The van der Waals surface area contributed by atoms with Crippen LogP contribution >= 0.6 is 0 Å². The fourth-order valence-corrected chi connectivity index (χ4v) is 3.10. The first-order valence-corrected chi connectivity index (χ1v) is 9.75. The molecule has 0 radical (unpaired) electrons. The van der Waals surface area contributed by atoms with E-state index in [1.54, 1.807) is 32.3 Å². The summed E-state index contributed by atoms with van der Waals surface area (Å²) >= 11 is 0. The lowest BCUT2D eigenvalue weighted by molar-refractivity contribution is -0.129. The Hall–Kier alpha value is -4.28. The quantitative estimate of drug-likeness (QED) is 0.378. The number of benzene rings is 2. The molecule has 0 saturated carbocycles. The summed E-state index contributed by atoms with van der Waals surface area (Å²) in [4.78, 5) is 22.4. The number of carbonyl (C=O) groups is 1. The highest BCUT2D eigenvalue weighted by molar-refractivity contribution is 5.85. The number of aromatic hydroxyl groups is 1. The molecule has 0 atom stereocenters. The van der Waals surface area contributed by atoms with Gasteiger partial charge in [0.25, 0.3) is 0 Å². The number of amides is 1. The number of likely N-dealkylation sites (N-methyl/N-ethyl adjacent to an activating group) is 1. The zero-order valence-corrected chi connectivity index (χ0v) is 17.6. The molecule has 0 bridgehead atoms. The van der Waals surface area contributed by atoms with Crippen LogP contribution in [0.3, 0.4) is 0 Å². The Balaban J connectivity index is 1.77. The molecule has 0 spiro atoms. The number of imidazole rings is 1. The summed E-state index contributed by atoms with van der Waals surface area (Å²) in [6.45, 7) is -0.182. The summed E-state index contributed by atoms with van der Waals surface area (Å²) in [5, 5.41) is 15.0. The second kappa shape index (κ2) is 8.69. The third-order valence-corrected chi connectivity index (χ3v) is 4.81. The molecule has 8 nitrogen and oxygen atoms in total. The number of hydrogen-bond donors (Lipinski definition) is 3. The number of nitrogens with one attached hydrogen (secondary N) is 2. The number of halogens is 3. The lowest BCUT2D eigenvalue weighted by Crippen LogP contribution is -2.26. The summed E-state index contributed by atoms with van der Waals surface area (Å²) in [6, 6.07) is 9.04. The van der Waals surface area contributed by atoms with E-state index in [1.807, 2.05) is 0 Å². The van der Waals surface area contributed by atoms with Gasteiger partial charge in [0.15, 0.2) is 11.6 Å². The second-order valence-electron chi connectivity index (χ2n) is 7.41. The molecule has 0 aliphatic rings. The molecular formula is C22H19F3N6O2. The van der Waals surface area contributed by atoms with Gasteiger partial charge >= 0.3 is 0 Å². The third-order valence-electron chi connectivity index (χ3n) is 4.81. The SMILES string of the molecule is CN(C)C(=O)Cn1c(Nc2c(F)cc(F)cc2F)nc2cnc(Nc3ccc(O)cc3)cc21. The average molecular weight is 456 g/mol. The van der Waals surface area contributed by atoms with E-state index in [2.05, 4.69) is 20.6 Å². The second-order valence-corrected chi connectivity index (χ2v) is 7.41. The number of phenols is 1. The lowest BCUT2D eigenvalue weighted by atomic mass is 10.3. The normalized spacial score (nSPS) is 10.9. The lowest BCUT2D eigenvalue weighted by Gasteiger charge is -2.15. The maximum atomic E-state index is 14.2. The highest BCUT2D eigenvalue weighted by Gasteiger charge is 2.19. The van der Waals surface area contributed by atoms with Gasteiger partial charge in [0.1, 0.15) is 35.1 Å². The molecule has 170 valence electrons. The summed E-state index contributed by atoms with van der Waals surface area (Å²) in [6.07, 6.45) is 1.44. The van der Waals surface area contributed by atoms with Crippen LogP contribution in [-0.4, -0.2) is 44.5 Å². The molecule has 0 aliphatic heterocycles. The Morgan fingerprint density at radius 1 is 1.06 bits per heavy atom. The van der Waals surface area contributed by atoms with Gasteiger partial charge in [0.2, 0.25) is 11.9 Å². The standard InChI is InChI=1S/C22H19F3N6O2/c1-30(2)20(33)11-31-18-9-19(27-13-3-5-14(32)6-4-13)26-10-17(18)28-22(31)29-21-15(24)7-12(23)8-16(21)25/h3-10,32H,11H2,1-2H3,(H,26,27)(H,28,29). The van der Waals surface area contributed by atoms with Crippen LogP contribution in [0.5, 0.6) is 5.75 Å². The van der Waals surface area contributed by atoms with E-state index >= 15 is 0 Å². The zero-order chi connectivity index (χ0) is 23.7. The fourth-order valence-electron chi connectivity index (χ4n) is 3.10. The minimum absolute atomic E-state index is 0.0202. The number of nitrogens with zero attached hydrogens (tertiary/aromatic N) is 4. The van der Waals surface area contributed by atoms with Crippen LogP contribution in [0.2, 0.25) is 0 Å². The molecule has 0 unspecified atom stereocenters. The molecule has 11 heteroatoms. The van der Waals surface area contributed by atoms with E-state index < -0.39 is 23.1 Å². The number of hydrogen-bond acceptors (Lipinski definition) is 6. The van der Waals surface area contributed by atoms with Gasteiger partial charge in [-0.15, -0.1) is 0 Å². The summed E-state index contributed by atoms with van der Waals surface area (Å²) in [7, 11) is 3.15. The van der Waals surface area contributed by atoms with E-state index in [1.165, 1.54) is 27.8 Å². The summed E-state index contributed by atoms with van der Waals surface area (Å²) < 4.78 is 43.2. The van der Waals surface area contributed by atoms with Gasteiger partial charge in [-0.2, -0.15) is 0 Å². The first kappa shape index (κ1) is 21.9.